The van der Waals surface area contributed by atoms with E-state index in [1.807, 2.05) is 0 Å². The summed E-state index contributed by atoms with van der Waals surface area (Å²) in [6, 6.07) is 9.13. The second-order valence-corrected chi connectivity index (χ2v) is 5.26. The van der Waals surface area contributed by atoms with Crippen LogP contribution in [0, 0.1) is 0 Å². The highest BCUT2D eigenvalue weighted by Crippen LogP contribution is 2.27. The predicted octanol–water partition coefficient (Wildman–Crippen LogP) is 2.98. The average molecular weight is 354 g/mol. The standard InChI is InChI=1S/C20H18O6/c1-25-19-11-13(5-9-17(19)23)3-7-15(21)16(22)8-4-14-6-10-18(24)20(12-14)26-2/h3-12,23-24H,1-2H3. The van der Waals surface area contributed by atoms with Gasteiger partial charge in [-0.05, 0) is 47.5 Å². The fraction of sp³-hybridized carbons (Fsp3) is 0.100. The van der Waals surface area contributed by atoms with Gasteiger partial charge in [-0.1, -0.05) is 24.3 Å². The number of hydrogen-bond donors (Lipinski definition) is 2. The Morgan fingerprint density at radius 1 is 0.769 bits per heavy atom. The summed E-state index contributed by atoms with van der Waals surface area (Å²) in [6.07, 6.45) is 5.21. The molecule has 6 nitrogen and oxygen atoms in total. The molecule has 0 amide bonds. The molecule has 26 heavy (non-hydrogen) atoms. The van der Waals surface area contributed by atoms with Crippen LogP contribution < -0.4 is 9.47 Å². The molecule has 2 aromatic rings. The van der Waals surface area contributed by atoms with E-state index < -0.39 is 11.6 Å². The minimum atomic E-state index is -0.695. The molecule has 6 heteroatoms. The Morgan fingerprint density at radius 2 is 1.15 bits per heavy atom. The van der Waals surface area contributed by atoms with Crippen molar-refractivity contribution in [3.63, 3.8) is 0 Å². The summed E-state index contributed by atoms with van der Waals surface area (Å²) in [4.78, 5) is 23.8. The number of phenols is 2. The number of ketones is 2. The van der Waals surface area contributed by atoms with Crippen LogP contribution in [0.2, 0.25) is 0 Å². The van der Waals surface area contributed by atoms with Crippen LogP contribution in [0.15, 0.2) is 48.6 Å². The Hall–Kier alpha value is -3.54. The number of ether oxygens (including phenoxy) is 2. The van der Waals surface area contributed by atoms with Crippen LogP contribution in [-0.2, 0) is 9.59 Å². The molecular formula is C20H18O6. The molecular weight excluding hydrogens is 336 g/mol. The maximum absolute atomic E-state index is 11.9. The highest BCUT2D eigenvalue weighted by Gasteiger charge is 2.07. The molecule has 0 saturated carbocycles. The van der Waals surface area contributed by atoms with E-state index in [2.05, 4.69) is 0 Å². The van der Waals surface area contributed by atoms with Crippen molar-refractivity contribution >= 4 is 23.7 Å². The normalized spacial score (nSPS) is 11.0. The van der Waals surface area contributed by atoms with Crippen molar-refractivity contribution in [2.24, 2.45) is 0 Å². The summed E-state index contributed by atoms with van der Waals surface area (Å²) >= 11 is 0. The van der Waals surface area contributed by atoms with Gasteiger partial charge in [0.15, 0.2) is 23.0 Å². The molecule has 0 spiro atoms. The first-order chi connectivity index (χ1) is 12.4. The lowest BCUT2D eigenvalue weighted by atomic mass is 10.1. The molecule has 134 valence electrons. The van der Waals surface area contributed by atoms with Crippen LogP contribution in [0.1, 0.15) is 11.1 Å². The lowest BCUT2D eigenvalue weighted by molar-refractivity contribution is -0.130. The molecule has 0 aliphatic heterocycles. The van der Waals surface area contributed by atoms with E-state index in [-0.39, 0.29) is 23.0 Å². The van der Waals surface area contributed by atoms with Gasteiger partial charge in [-0.3, -0.25) is 9.59 Å². The van der Waals surface area contributed by atoms with E-state index >= 15 is 0 Å². The number of allylic oxidation sites excluding steroid dienone is 2. The number of methoxy groups -OCH3 is 2. The molecule has 2 rings (SSSR count). The highest BCUT2D eigenvalue weighted by atomic mass is 16.5. The molecule has 2 N–H and O–H groups in total. The van der Waals surface area contributed by atoms with Gasteiger partial charge in [0.25, 0.3) is 0 Å². The molecule has 0 heterocycles. The van der Waals surface area contributed by atoms with Gasteiger partial charge in [0.05, 0.1) is 14.2 Å². The number of carbonyl (C=O) groups is 2. The topological polar surface area (TPSA) is 93.1 Å². The van der Waals surface area contributed by atoms with Crippen LogP contribution in [0.4, 0.5) is 0 Å². The van der Waals surface area contributed by atoms with Crippen LogP contribution in [0.3, 0.4) is 0 Å². The Balaban J connectivity index is 2.06. The Labute approximate surface area is 150 Å². The molecule has 0 atom stereocenters. The van der Waals surface area contributed by atoms with E-state index in [9.17, 15) is 19.8 Å². The molecule has 0 radical (unpaired) electrons. The average Bonchev–Trinajstić information content (AvgIpc) is 2.66. The molecule has 0 bridgehead atoms. The van der Waals surface area contributed by atoms with E-state index in [0.29, 0.717) is 11.1 Å². The van der Waals surface area contributed by atoms with Gasteiger partial charge in [-0.2, -0.15) is 0 Å². The monoisotopic (exact) mass is 354 g/mol. The third-order valence-corrected chi connectivity index (χ3v) is 3.50. The van der Waals surface area contributed by atoms with Crippen LogP contribution in [-0.4, -0.2) is 36.0 Å². The molecule has 2 aromatic carbocycles. The number of benzene rings is 2. The van der Waals surface area contributed by atoms with Gasteiger partial charge in [0, 0.05) is 0 Å². The van der Waals surface area contributed by atoms with Crippen LogP contribution >= 0.6 is 0 Å². The fourth-order valence-corrected chi connectivity index (χ4v) is 2.10. The Kier molecular flexibility index (Phi) is 6.16. The number of phenolic OH excluding ortho intramolecular Hbond substituents is 2. The number of hydrogen-bond acceptors (Lipinski definition) is 6. The highest BCUT2D eigenvalue weighted by molar-refractivity contribution is 6.46. The lowest BCUT2D eigenvalue weighted by Gasteiger charge is -2.03. The summed E-state index contributed by atoms with van der Waals surface area (Å²) in [5, 5.41) is 19.1. The van der Waals surface area contributed by atoms with E-state index in [0.717, 1.165) is 12.2 Å². The van der Waals surface area contributed by atoms with E-state index in [1.165, 1.54) is 38.5 Å². The zero-order chi connectivity index (χ0) is 19.1. The van der Waals surface area contributed by atoms with Crippen molar-refractivity contribution < 1.29 is 29.3 Å². The first-order valence-corrected chi connectivity index (χ1v) is 7.63. The van der Waals surface area contributed by atoms with Crippen molar-refractivity contribution in [2.45, 2.75) is 0 Å². The molecule has 0 fully saturated rings. The number of carbonyl (C=O) groups excluding carboxylic acids is 2. The zero-order valence-corrected chi connectivity index (χ0v) is 14.3. The summed E-state index contributed by atoms with van der Waals surface area (Å²) in [5.74, 6) is -0.879. The summed E-state index contributed by atoms with van der Waals surface area (Å²) < 4.78 is 9.96. The minimum absolute atomic E-state index is 0.0145. The fourth-order valence-electron chi connectivity index (χ4n) is 2.10. The molecule has 0 aliphatic rings. The van der Waals surface area contributed by atoms with Crippen molar-refractivity contribution in [1.29, 1.82) is 0 Å². The zero-order valence-electron chi connectivity index (χ0n) is 14.3. The third-order valence-electron chi connectivity index (χ3n) is 3.50. The summed E-state index contributed by atoms with van der Waals surface area (Å²) in [6.45, 7) is 0. The van der Waals surface area contributed by atoms with Gasteiger partial charge in [-0.15, -0.1) is 0 Å². The molecule has 0 aliphatic carbocycles. The molecule has 0 saturated heterocycles. The van der Waals surface area contributed by atoms with Gasteiger partial charge in [0.2, 0.25) is 11.6 Å². The Morgan fingerprint density at radius 3 is 1.50 bits per heavy atom. The Bertz CT molecular complexity index is 806. The van der Waals surface area contributed by atoms with Crippen molar-refractivity contribution in [2.75, 3.05) is 14.2 Å². The second-order valence-electron chi connectivity index (χ2n) is 5.26. The van der Waals surface area contributed by atoms with Crippen molar-refractivity contribution in [1.82, 2.24) is 0 Å². The number of aromatic hydroxyl groups is 2. The first kappa shape index (κ1) is 18.8. The van der Waals surface area contributed by atoms with Gasteiger partial charge in [-0.25, -0.2) is 0 Å². The smallest absolute Gasteiger partial charge is 0.225 e. The lowest BCUT2D eigenvalue weighted by Crippen LogP contribution is -2.06. The summed E-state index contributed by atoms with van der Waals surface area (Å²) in [7, 11) is 2.83. The predicted molar refractivity (Wildman–Crippen MR) is 97.4 cm³/mol. The SMILES string of the molecule is COc1cc(C=CC(=O)C(=O)C=Cc2ccc(O)c(OC)c2)ccc1O. The van der Waals surface area contributed by atoms with Crippen molar-refractivity contribution in [3.8, 4) is 23.0 Å². The van der Waals surface area contributed by atoms with Crippen LogP contribution in [0.25, 0.3) is 12.2 Å². The van der Waals surface area contributed by atoms with Crippen LogP contribution in [0.5, 0.6) is 23.0 Å². The molecule has 0 aromatic heterocycles. The van der Waals surface area contributed by atoms with Gasteiger partial charge in [0.1, 0.15) is 0 Å². The van der Waals surface area contributed by atoms with Gasteiger partial charge >= 0.3 is 0 Å². The van der Waals surface area contributed by atoms with Gasteiger partial charge < -0.3 is 19.7 Å². The van der Waals surface area contributed by atoms with Crippen molar-refractivity contribution in [3.05, 3.63) is 59.7 Å². The van der Waals surface area contributed by atoms with E-state index in [1.54, 1.807) is 24.3 Å². The minimum Gasteiger partial charge on any atom is -0.504 e. The maximum Gasteiger partial charge on any atom is 0.225 e. The number of rotatable bonds is 7. The quantitative estimate of drug-likeness (QED) is 0.586. The largest absolute Gasteiger partial charge is 0.504 e. The first-order valence-electron chi connectivity index (χ1n) is 7.63. The summed E-state index contributed by atoms with van der Waals surface area (Å²) in [5.41, 5.74) is 1.21. The maximum atomic E-state index is 11.9. The molecule has 0 unspecified atom stereocenters. The second kappa shape index (κ2) is 8.53. The van der Waals surface area contributed by atoms with E-state index in [4.69, 9.17) is 9.47 Å². The third kappa shape index (κ3) is 4.73.